The van der Waals surface area contributed by atoms with E-state index in [4.69, 9.17) is 4.74 Å². The minimum Gasteiger partial charge on any atom is -0.494 e. The molecule has 0 saturated carbocycles. The number of amides is 1. The van der Waals surface area contributed by atoms with E-state index in [0.29, 0.717) is 5.76 Å². The van der Waals surface area contributed by atoms with Gasteiger partial charge in [-0.3, -0.25) is 9.59 Å². The number of allylic oxidation sites excluding steroid dienone is 1. The average molecular weight is 217 g/mol. The van der Waals surface area contributed by atoms with Crippen molar-refractivity contribution in [2.24, 2.45) is 0 Å². The molecule has 0 spiro atoms. The van der Waals surface area contributed by atoms with Crippen molar-refractivity contribution >= 4 is 17.4 Å². The zero-order valence-corrected chi connectivity index (χ0v) is 8.82. The summed E-state index contributed by atoms with van der Waals surface area (Å²) >= 11 is 0. The van der Waals surface area contributed by atoms with E-state index in [1.807, 2.05) is 30.3 Å². The first-order valence-electron chi connectivity index (χ1n) is 4.89. The van der Waals surface area contributed by atoms with Gasteiger partial charge in [-0.15, -0.1) is 0 Å². The van der Waals surface area contributed by atoms with E-state index in [9.17, 15) is 9.59 Å². The lowest BCUT2D eigenvalue weighted by atomic mass is 10.1. The smallest absolute Gasteiger partial charge is 0.232 e. The molecule has 1 fully saturated rings. The Bertz CT molecular complexity index is 462. The molecular weight excluding hydrogens is 206 g/mol. The van der Waals surface area contributed by atoms with Crippen molar-refractivity contribution in [3.05, 3.63) is 41.6 Å². The summed E-state index contributed by atoms with van der Waals surface area (Å²) in [7, 11) is 1.48. The minimum absolute atomic E-state index is 0.102. The van der Waals surface area contributed by atoms with E-state index in [1.54, 1.807) is 0 Å². The number of carbonyl (C=O) groups is 2. The van der Waals surface area contributed by atoms with Crippen LogP contribution in [0, 0.1) is 0 Å². The Morgan fingerprint density at radius 2 is 1.94 bits per heavy atom. The summed E-state index contributed by atoms with van der Waals surface area (Å²) in [5.41, 5.74) is 1.02. The van der Waals surface area contributed by atoms with Gasteiger partial charge in [-0.2, -0.15) is 0 Å². The van der Waals surface area contributed by atoms with Crippen LogP contribution < -0.4 is 5.32 Å². The molecule has 4 heteroatoms. The van der Waals surface area contributed by atoms with Crippen LogP contribution in [0.25, 0.3) is 5.76 Å². The van der Waals surface area contributed by atoms with E-state index in [1.165, 1.54) is 7.11 Å². The lowest BCUT2D eigenvalue weighted by Gasteiger charge is -2.08. The average Bonchev–Trinajstić information content (AvgIpc) is 2.61. The second-order valence-electron chi connectivity index (χ2n) is 3.42. The predicted octanol–water partition coefficient (Wildman–Crippen LogP) is 1.09. The van der Waals surface area contributed by atoms with Crippen molar-refractivity contribution in [2.75, 3.05) is 7.11 Å². The standard InChI is InChI=1S/C12H11NO3/c1-16-12(8-5-3-2-4-6-8)11-9(14)7-10(15)13-11/h2-6H,7H2,1H3,(H,13,15). The third-order valence-corrected chi connectivity index (χ3v) is 2.33. The number of hydrogen-bond donors (Lipinski definition) is 1. The molecule has 82 valence electrons. The molecule has 0 aromatic heterocycles. The molecule has 0 aliphatic carbocycles. The van der Waals surface area contributed by atoms with Gasteiger partial charge in [-0.1, -0.05) is 30.3 Å². The molecule has 0 unspecified atom stereocenters. The Kier molecular flexibility index (Phi) is 2.72. The van der Waals surface area contributed by atoms with Crippen LogP contribution >= 0.6 is 0 Å². The molecular formula is C12H11NO3. The minimum atomic E-state index is -0.287. The van der Waals surface area contributed by atoms with Crippen molar-refractivity contribution in [1.82, 2.24) is 5.32 Å². The Morgan fingerprint density at radius 3 is 2.44 bits per heavy atom. The monoisotopic (exact) mass is 217 g/mol. The number of ketones is 1. The first kappa shape index (κ1) is 10.4. The molecule has 1 saturated heterocycles. The molecule has 0 atom stereocenters. The summed E-state index contributed by atoms with van der Waals surface area (Å²) < 4.78 is 5.18. The number of benzene rings is 1. The number of hydrogen-bond acceptors (Lipinski definition) is 3. The van der Waals surface area contributed by atoms with Gasteiger partial charge in [0.1, 0.15) is 5.70 Å². The highest BCUT2D eigenvalue weighted by Gasteiger charge is 2.28. The van der Waals surface area contributed by atoms with E-state index >= 15 is 0 Å². The number of Topliss-reactive ketones (excluding diaryl/α,β-unsaturated/α-hetero) is 1. The van der Waals surface area contributed by atoms with Crippen molar-refractivity contribution in [1.29, 1.82) is 0 Å². The summed E-state index contributed by atoms with van der Waals surface area (Å²) in [5.74, 6) is -0.104. The SMILES string of the molecule is COC(=C1NC(=O)CC1=O)c1ccccc1. The van der Waals surface area contributed by atoms with E-state index < -0.39 is 0 Å². The zero-order chi connectivity index (χ0) is 11.5. The highest BCUT2D eigenvalue weighted by Crippen LogP contribution is 2.21. The largest absolute Gasteiger partial charge is 0.494 e. The summed E-state index contributed by atoms with van der Waals surface area (Å²) in [6.07, 6.45) is -0.102. The van der Waals surface area contributed by atoms with Crippen LogP contribution in [0.15, 0.2) is 36.0 Å². The van der Waals surface area contributed by atoms with Crippen molar-refractivity contribution in [2.45, 2.75) is 6.42 Å². The van der Waals surface area contributed by atoms with Crippen molar-refractivity contribution in [3.8, 4) is 0 Å². The fourth-order valence-electron chi connectivity index (χ4n) is 1.62. The summed E-state index contributed by atoms with van der Waals surface area (Å²) in [5, 5.41) is 2.52. The van der Waals surface area contributed by atoms with Crippen LogP contribution in [0.1, 0.15) is 12.0 Å². The molecule has 1 aliphatic heterocycles. The Balaban J connectivity index is 2.47. The second kappa shape index (κ2) is 4.18. The van der Waals surface area contributed by atoms with Crippen LogP contribution in [0.5, 0.6) is 0 Å². The van der Waals surface area contributed by atoms with Crippen molar-refractivity contribution < 1.29 is 14.3 Å². The molecule has 0 radical (unpaired) electrons. The maximum Gasteiger partial charge on any atom is 0.232 e. The van der Waals surface area contributed by atoms with Gasteiger partial charge in [0, 0.05) is 5.56 Å². The quantitative estimate of drug-likeness (QED) is 0.458. The van der Waals surface area contributed by atoms with Crippen LogP contribution in [0.3, 0.4) is 0 Å². The molecule has 0 bridgehead atoms. The topological polar surface area (TPSA) is 55.4 Å². The molecule has 1 amide bonds. The van der Waals surface area contributed by atoms with Crippen LogP contribution in [0.4, 0.5) is 0 Å². The van der Waals surface area contributed by atoms with Crippen molar-refractivity contribution in [3.63, 3.8) is 0 Å². The van der Waals surface area contributed by atoms with Crippen LogP contribution in [-0.2, 0) is 14.3 Å². The van der Waals surface area contributed by atoms with Crippen LogP contribution in [-0.4, -0.2) is 18.8 Å². The van der Waals surface area contributed by atoms with Gasteiger partial charge in [-0.25, -0.2) is 0 Å². The normalized spacial score (nSPS) is 18.3. The Morgan fingerprint density at radius 1 is 1.25 bits per heavy atom. The lowest BCUT2D eigenvalue weighted by Crippen LogP contribution is -2.15. The number of ether oxygens (including phenoxy) is 1. The number of rotatable bonds is 2. The maximum atomic E-state index is 11.5. The Labute approximate surface area is 92.9 Å². The number of methoxy groups -OCH3 is 1. The molecule has 1 aliphatic rings. The van der Waals surface area contributed by atoms with E-state index in [0.717, 1.165) is 5.56 Å². The van der Waals surface area contributed by atoms with E-state index in [-0.39, 0.29) is 23.8 Å². The molecule has 4 nitrogen and oxygen atoms in total. The molecule has 2 rings (SSSR count). The summed E-state index contributed by atoms with van der Waals surface area (Å²) in [6, 6.07) is 9.20. The predicted molar refractivity (Wildman–Crippen MR) is 58.1 cm³/mol. The molecule has 1 heterocycles. The highest BCUT2D eigenvalue weighted by atomic mass is 16.5. The molecule has 1 aromatic rings. The van der Waals surface area contributed by atoms with E-state index in [2.05, 4.69) is 5.32 Å². The first-order chi connectivity index (χ1) is 7.72. The number of carbonyl (C=O) groups excluding carboxylic acids is 2. The maximum absolute atomic E-state index is 11.5. The third-order valence-electron chi connectivity index (χ3n) is 2.33. The van der Waals surface area contributed by atoms with Gasteiger partial charge in [0.05, 0.1) is 13.5 Å². The molecule has 1 aromatic carbocycles. The fraction of sp³-hybridized carbons (Fsp3) is 0.167. The summed E-state index contributed by atoms with van der Waals surface area (Å²) in [4.78, 5) is 22.6. The fourth-order valence-corrected chi connectivity index (χ4v) is 1.62. The zero-order valence-electron chi connectivity index (χ0n) is 8.82. The third kappa shape index (κ3) is 1.82. The first-order valence-corrected chi connectivity index (χ1v) is 4.89. The highest BCUT2D eigenvalue weighted by molar-refractivity contribution is 6.17. The lowest BCUT2D eigenvalue weighted by molar-refractivity contribution is -0.121. The van der Waals surface area contributed by atoms with Gasteiger partial charge in [-0.05, 0) is 0 Å². The van der Waals surface area contributed by atoms with Gasteiger partial charge >= 0.3 is 0 Å². The van der Waals surface area contributed by atoms with Gasteiger partial charge in [0.2, 0.25) is 5.91 Å². The molecule has 16 heavy (non-hydrogen) atoms. The van der Waals surface area contributed by atoms with Gasteiger partial charge in [0.15, 0.2) is 11.5 Å². The van der Waals surface area contributed by atoms with Crippen LogP contribution in [0.2, 0.25) is 0 Å². The Hall–Kier alpha value is -2.10. The number of nitrogens with one attached hydrogen (secondary N) is 1. The van der Waals surface area contributed by atoms with Gasteiger partial charge < -0.3 is 10.1 Å². The molecule has 1 N–H and O–H groups in total. The van der Waals surface area contributed by atoms with Gasteiger partial charge in [0.25, 0.3) is 0 Å². The second-order valence-corrected chi connectivity index (χ2v) is 3.42. The summed E-state index contributed by atoms with van der Waals surface area (Å²) in [6.45, 7) is 0.